The molecule has 0 unspecified atom stereocenters. The third-order valence-corrected chi connectivity index (χ3v) is 3.73. The lowest BCUT2D eigenvalue weighted by molar-refractivity contribution is 1.42. The summed E-state index contributed by atoms with van der Waals surface area (Å²) in [6, 6.07) is 28.8. The van der Waals surface area contributed by atoms with Crippen molar-refractivity contribution in [3.8, 4) is 0 Å². The van der Waals surface area contributed by atoms with Gasteiger partial charge in [-0.3, -0.25) is 0 Å². The van der Waals surface area contributed by atoms with Crippen molar-refractivity contribution in [1.82, 2.24) is 0 Å². The average Bonchev–Trinajstić information content (AvgIpc) is 2.61. The van der Waals surface area contributed by atoms with Crippen LogP contribution in [0.15, 0.2) is 96.5 Å². The first-order valence-corrected chi connectivity index (χ1v) is 7.69. The van der Waals surface area contributed by atoms with Crippen molar-refractivity contribution >= 4 is 11.4 Å². The van der Waals surface area contributed by atoms with Gasteiger partial charge in [0.05, 0.1) is 11.4 Å². The van der Waals surface area contributed by atoms with Gasteiger partial charge >= 0.3 is 0 Å². The molecule has 3 aromatic rings. The number of aliphatic imine (C=N–C) groups is 1. The maximum absolute atomic E-state index is 4.84. The third-order valence-electron chi connectivity index (χ3n) is 3.73. The fraction of sp³-hybridized carbons (Fsp3) is 0.0455. The zero-order valence-electron chi connectivity index (χ0n) is 13.2. The van der Waals surface area contributed by atoms with Crippen LogP contribution >= 0.6 is 0 Å². The van der Waals surface area contributed by atoms with Crippen molar-refractivity contribution in [3.63, 3.8) is 0 Å². The van der Waals surface area contributed by atoms with E-state index in [2.05, 4.69) is 62.0 Å². The van der Waals surface area contributed by atoms with Gasteiger partial charge in [0.15, 0.2) is 0 Å². The van der Waals surface area contributed by atoms with Gasteiger partial charge in [0.25, 0.3) is 0 Å². The monoisotopic (exact) mass is 297 g/mol. The molecule has 23 heavy (non-hydrogen) atoms. The Morgan fingerprint density at radius 2 is 1.13 bits per heavy atom. The van der Waals surface area contributed by atoms with E-state index in [1.165, 1.54) is 5.56 Å². The molecule has 0 bridgehead atoms. The minimum absolute atomic E-state index is 0.771. The lowest BCUT2D eigenvalue weighted by Gasteiger charge is -2.09. The van der Waals surface area contributed by atoms with E-state index in [0.717, 1.165) is 28.1 Å². The first-order chi connectivity index (χ1) is 11.2. The minimum atomic E-state index is 0.771. The quantitative estimate of drug-likeness (QED) is 0.564. The van der Waals surface area contributed by atoms with Crippen LogP contribution in [-0.4, -0.2) is 5.71 Å². The summed E-state index contributed by atoms with van der Waals surface area (Å²) < 4.78 is 0. The van der Waals surface area contributed by atoms with E-state index in [9.17, 15) is 0 Å². The Labute approximate surface area is 137 Å². The highest BCUT2D eigenvalue weighted by atomic mass is 14.8. The maximum atomic E-state index is 4.84. The summed E-state index contributed by atoms with van der Waals surface area (Å²) in [5.41, 5.74) is 6.17. The Morgan fingerprint density at radius 1 is 0.652 bits per heavy atom. The summed E-state index contributed by atoms with van der Waals surface area (Å²) in [5.74, 6) is 0. The standard InChI is InChI=1S/C22H19N/c1-17-13-15-19(16-14-17)18(2)23-22(20-9-5-3-6-10-20)21-11-7-4-8-12-21/h3-16H,2H2,1H3. The molecule has 0 radical (unpaired) electrons. The first-order valence-electron chi connectivity index (χ1n) is 7.69. The van der Waals surface area contributed by atoms with E-state index in [1.807, 2.05) is 36.4 Å². The second kappa shape index (κ2) is 6.89. The molecular weight excluding hydrogens is 278 g/mol. The minimum Gasteiger partial charge on any atom is -0.248 e. The molecule has 0 aliphatic rings. The fourth-order valence-corrected chi connectivity index (χ4v) is 2.43. The maximum Gasteiger partial charge on any atom is 0.0781 e. The van der Waals surface area contributed by atoms with Crippen LogP contribution in [0, 0.1) is 6.92 Å². The largest absolute Gasteiger partial charge is 0.248 e. The summed E-state index contributed by atoms with van der Waals surface area (Å²) in [4.78, 5) is 4.84. The average molecular weight is 297 g/mol. The molecule has 0 N–H and O–H groups in total. The van der Waals surface area contributed by atoms with Crippen LogP contribution in [0.4, 0.5) is 0 Å². The molecule has 0 atom stereocenters. The van der Waals surface area contributed by atoms with Gasteiger partial charge in [0.1, 0.15) is 0 Å². The normalized spacial score (nSPS) is 10.1. The predicted octanol–water partition coefficient (Wildman–Crippen LogP) is 5.50. The molecule has 0 heterocycles. The Bertz CT molecular complexity index is 771. The van der Waals surface area contributed by atoms with Gasteiger partial charge in [-0.05, 0) is 12.5 Å². The van der Waals surface area contributed by atoms with Crippen LogP contribution in [-0.2, 0) is 0 Å². The predicted molar refractivity (Wildman–Crippen MR) is 98.7 cm³/mol. The van der Waals surface area contributed by atoms with Crippen LogP contribution in [0.3, 0.4) is 0 Å². The SMILES string of the molecule is C=C(N=C(c1ccccc1)c1ccccc1)c1ccc(C)cc1. The van der Waals surface area contributed by atoms with E-state index in [-0.39, 0.29) is 0 Å². The molecular formula is C22H19N. The highest BCUT2D eigenvalue weighted by Crippen LogP contribution is 2.19. The van der Waals surface area contributed by atoms with Crippen LogP contribution in [0.2, 0.25) is 0 Å². The molecule has 0 aliphatic carbocycles. The molecule has 112 valence electrons. The zero-order valence-corrected chi connectivity index (χ0v) is 13.2. The molecule has 0 saturated heterocycles. The second-order valence-corrected chi connectivity index (χ2v) is 5.51. The van der Waals surface area contributed by atoms with Gasteiger partial charge in [0, 0.05) is 11.1 Å². The van der Waals surface area contributed by atoms with E-state index in [1.54, 1.807) is 0 Å². The Balaban J connectivity index is 2.05. The lowest BCUT2D eigenvalue weighted by atomic mass is 10.0. The molecule has 0 aromatic heterocycles. The fourth-order valence-electron chi connectivity index (χ4n) is 2.43. The van der Waals surface area contributed by atoms with Crippen LogP contribution < -0.4 is 0 Å². The summed E-state index contributed by atoms with van der Waals surface area (Å²) in [6.07, 6.45) is 0. The molecule has 0 spiro atoms. The number of hydrogen-bond donors (Lipinski definition) is 0. The summed E-state index contributed by atoms with van der Waals surface area (Å²) >= 11 is 0. The van der Waals surface area contributed by atoms with Gasteiger partial charge in [-0.15, -0.1) is 0 Å². The molecule has 1 heteroatoms. The van der Waals surface area contributed by atoms with Crippen molar-refractivity contribution < 1.29 is 0 Å². The number of rotatable bonds is 4. The van der Waals surface area contributed by atoms with Crippen molar-refractivity contribution in [3.05, 3.63) is 114 Å². The van der Waals surface area contributed by atoms with Gasteiger partial charge in [-0.1, -0.05) is 97.1 Å². The third kappa shape index (κ3) is 3.64. The van der Waals surface area contributed by atoms with Crippen LogP contribution in [0.5, 0.6) is 0 Å². The van der Waals surface area contributed by atoms with E-state index >= 15 is 0 Å². The highest BCUT2D eigenvalue weighted by Gasteiger charge is 2.07. The van der Waals surface area contributed by atoms with E-state index in [0.29, 0.717) is 0 Å². The van der Waals surface area contributed by atoms with Crippen molar-refractivity contribution in [2.75, 3.05) is 0 Å². The topological polar surface area (TPSA) is 12.4 Å². The lowest BCUT2D eigenvalue weighted by Crippen LogP contribution is -2.03. The Morgan fingerprint density at radius 3 is 1.61 bits per heavy atom. The number of benzene rings is 3. The van der Waals surface area contributed by atoms with Crippen molar-refractivity contribution in [2.24, 2.45) is 4.99 Å². The number of nitrogens with zero attached hydrogens (tertiary/aromatic N) is 1. The summed E-state index contributed by atoms with van der Waals surface area (Å²) in [6.45, 7) is 6.24. The highest BCUT2D eigenvalue weighted by molar-refractivity contribution is 6.14. The molecule has 0 saturated carbocycles. The van der Waals surface area contributed by atoms with E-state index in [4.69, 9.17) is 4.99 Å². The summed E-state index contributed by atoms with van der Waals surface area (Å²) in [7, 11) is 0. The number of hydrogen-bond acceptors (Lipinski definition) is 1. The van der Waals surface area contributed by atoms with Gasteiger partial charge < -0.3 is 0 Å². The number of aryl methyl sites for hydroxylation is 1. The molecule has 0 aliphatic heterocycles. The Kier molecular flexibility index (Phi) is 4.49. The molecule has 1 nitrogen and oxygen atoms in total. The van der Waals surface area contributed by atoms with Crippen molar-refractivity contribution in [2.45, 2.75) is 6.92 Å². The molecule has 0 fully saturated rings. The second-order valence-electron chi connectivity index (χ2n) is 5.51. The van der Waals surface area contributed by atoms with Crippen LogP contribution in [0.1, 0.15) is 22.3 Å². The van der Waals surface area contributed by atoms with Crippen LogP contribution in [0.25, 0.3) is 5.70 Å². The van der Waals surface area contributed by atoms with Crippen molar-refractivity contribution in [1.29, 1.82) is 0 Å². The zero-order chi connectivity index (χ0) is 16.1. The first kappa shape index (κ1) is 15.0. The molecule has 3 aromatic carbocycles. The van der Waals surface area contributed by atoms with Gasteiger partial charge in [-0.25, -0.2) is 4.99 Å². The molecule has 3 rings (SSSR count). The smallest absolute Gasteiger partial charge is 0.0781 e. The summed E-state index contributed by atoms with van der Waals surface area (Å²) in [5, 5.41) is 0. The van der Waals surface area contributed by atoms with E-state index < -0.39 is 0 Å². The molecule has 0 amide bonds. The Hall–Kier alpha value is -2.93. The van der Waals surface area contributed by atoms with Gasteiger partial charge in [-0.2, -0.15) is 0 Å². The van der Waals surface area contributed by atoms with Gasteiger partial charge in [0.2, 0.25) is 0 Å².